The zero-order chi connectivity index (χ0) is 20.4. The van der Waals surface area contributed by atoms with Crippen LogP contribution >= 0.6 is 0 Å². The lowest BCUT2D eigenvalue weighted by Gasteiger charge is -2.37. The molecule has 4 rings (SSSR count). The molecule has 156 valence electrons. The van der Waals surface area contributed by atoms with Gasteiger partial charge in [0.15, 0.2) is 0 Å². The van der Waals surface area contributed by atoms with Crippen LogP contribution < -0.4 is 0 Å². The number of rotatable bonds is 6. The molecule has 0 aliphatic carbocycles. The van der Waals surface area contributed by atoms with E-state index < -0.39 is 0 Å². The summed E-state index contributed by atoms with van der Waals surface area (Å²) in [6, 6.07) is 11.0. The number of nitrogens with zero attached hydrogens (tertiary/aromatic N) is 4. The van der Waals surface area contributed by atoms with E-state index in [1.165, 1.54) is 5.56 Å². The standard InChI is InChI=1S/C24H34N4O/c1-19(2)15-28-22(13-20-7-5-4-6-8-20)14-24(23(28)29)9-11-27(12-10-24)17-21-16-26(3)18-25-21/h4-8,16,18-19,22H,9-15,17H2,1-3H3. The fourth-order valence-electron chi connectivity index (χ4n) is 5.15. The topological polar surface area (TPSA) is 41.4 Å². The quantitative estimate of drug-likeness (QED) is 0.753. The number of benzene rings is 1. The number of imidazole rings is 1. The monoisotopic (exact) mass is 394 g/mol. The summed E-state index contributed by atoms with van der Waals surface area (Å²) < 4.78 is 2.00. The minimum Gasteiger partial charge on any atom is -0.340 e. The Labute approximate surface area is 174 Å². The van der Waals surface area contributed by atoms with Crippen molar-refractivity contribution in [3.8, 4) is 0 Å². The number of aromatic nitrogens is 2. The lowest BCUT2D eigenvalue weighted by molar-refractivity contribution is -0.139. The van der Waals surface area contributed by atoms with E-state index in [2.05, 4.69) is 65.2 Å². The van der Waals surface area contributed by atoms with Crippen LogP contribution in [0.1, 0.15) is 44.4 Å². The normalized spacial score (nSPS) is 22.1. The third-order valence-corrected chi connectivity index (χ3v) is 6.61. The van der Waals surface area contributed by atoms with Crippen molar-refractivity contribution >= 4 is 5.91 Å². The molecule has 2 aromatic rings. The minimum absolute atomic E-state index is 0.158. The molecule has 0 N–H and O–H groups in total. The van der Waals surface area contributed by atoms with Gasteiger partial charge in [-0.05, 0) is 50.3 Å². The van der Waals surface area contributed by atoms with E-state index in [-0.39, 0.29) is 5.41 Å². The second-order valence-electron chi connectivity index (χ2n) is 9.49. The predicted molar refractivity (Wildman–Crippen MR) is 115 cm³/mol. The molecular weight excluding hydrogens is 360 g/mol. The van der Waals surface area contributed by atoms with E-state index in [1.807, 2.05) is 17.9 Å². The van der Waals surface area contributed by atoms with Gasteiger partial charge in [-0.1, -0.05) is 44.2 Å². The highest BCUT2D eigenvalue weighted by Gasteiger charge is 2.52. The first-order valence-corrected chi connectivity index (χ1v) is 11.0. The number of piperidine rings is 1. The Morgan fingerprint density at radius 2 is 1.90 bits per heavy atom. The predicted octanol–water partition coefficient (Wildman–Crippen LogP) is 3.50. The minimum atomic E-state index is -0.158. The Morgan fingerprint density at radius 3 is 2.52 bits per heavy atom. The Hall–Kier alpha value is -2.14. The average molecular weight is 395 g/mol. The lowest BCUT2D eigenvalue weighted by atomic mass is 9.75. The molecule has 2 fully saturated rings. The van der Waals surface area contributed by atoms with Crippen molar-refractivity contribution in [2.45, 2.75) is 52.1 Å². The third-order valence-electron chi connectivity index (χ3n) is 6.61. The first-order valence-electron chi connectivity index (χ1n) is 11.0. The second-order valence-corrected chi connectivity index (χ2v) is 9.49. The van der Waals surface area contributed by atoms with Gasteiger partial charge in [0.25, 0.3) is 0 Å². The Morgan fingerprint density at radius 1 is 1.17 bits per heavy atom. The van der Waals surface area contributed by atoms with Crippen LogP contribution in [0.5, 0.6) is 0 Å². The van der Waals surface area contributed by atoms with E-state index in [9.17, 15) is 4.79 Å². The summed E-state index contributed by atoms with van der Waals surface area (Å²) in [5, 5.41) is 0. The number of carbonyl (C=O) groups excluding carboxylic acids is 1. The maximum absolute atomic E-state index is 13.6. The smallest absolute Gasteiger partial charge is 0.229 e. The van der Waals surface area contributed by atoms with Crippen LogP contribution in [0, 0.1) is 11.3 Å². The largest absolute Gasteiger partial charge is 0.340 e. The molecule has 0 bridgehead atoms. The van der Waals surface area contributed by atoms with Crippen molar-refractivity contribution in [2.24, 2.45) is 18.4 Å². The molecule has 2 saturated heterocycles. The fraction of sp³-hybridized carbons (Fsp3) is 0.583. The average Bonchev–Trinajstić information content (AvgIpc) is 3.21. The number of amides is 1. The van der Waals surface area contributed by atoms with Crippen molar-refractivity contribution < 1.29 is 4.79 Å². The number of aryl methyl sites for hydroxylation is 1. The van der Waals surface area contributed by atoms with Gasteiger partial charge in [0.1, 0.15) is 0 Å². The van der Waals surface area contributed by atoms with Crippen LogP contribution in [-0.2, 0) is 24.8 Å². The Balaban J connectivity index is 1.45. The molecule has 0 saturated carbocycles. The molecule has 1 aromatic carbocycles. The van der Waals surface area contributed by atoms with Crippen LogP contribution in [0.2, 0.25) is 0 Å². The zero-order valence-electron chi connectivity index (χ0n) is 18.1. The van der Waals surface area contributed by atoms with Crippen molar-refractivity contribution in [2.75, 3.05) is 19.6 Å². The summed E-state index contributed by atoms with van der Waals surface area (Å²) >= 11 is 0. The van der Waals surface area contributed by atoms with Crippen LogP contribution in [-0.4, -0.2) is 50.9 Å². The fourth-order valence-corrected chi connectivity index (χ4v) is 5.15. The summed E-state index contributed by atoms with van der Waals surface area (Å²) in [5.74, 6) is 0.904. The highest BCUT2D eigenvalue weighted by molar-refractivity contribution is 5.85. The number of carbonyl (C=O) groups is 1. The van der Waals surface area contributed by atoms with Gasteiger partial charge in [0.05, 0.1) is 17.4 Å². The van der Waals surface area contributed by atoms with E-state index in [0.29, 0.717) is 17.9 Å². The third kappa shape index (κ3) is 4.40. The van der Waals surface area contributed by atoms with Gasteiger partial charge in [-0.15, -0.1) is 0 Å². The highest BCUT2D eigenvalue weighted by Crippen LogP contribution is 2.45. The summed E-state index contributed by atoms with van der Waals surface area (Å²) in [6.07, 6.45) is 7.87. The van der Waals surface area contributed by atoms with Crippen molar-refractivity contribution in [3.05, 3.63) is 54.1 Å². The van der Waals surface area contributed by atoms with E-state index in [4.69, 9.17) is 0 Å². The Bertz CT molecular complexity index is 820. The van der Waals surface area contributed by atoms with Crippen molar-refractivity contribution in [3.63, 3.8) is 0 Å². The molecule has 3 heterocycles. The molecule has 0 radical (unpaired) electrons. The highest BCUT2D eigenvalue weighted by atomic mass is 16.2. The van der Waals surface area contributed by atoms with Crippen LogP contribution in [0.15, 0.2) is 42.9 Å². The number of hydrogen-bond acceptors (Lipinski definition) is 3. The zero-order valence-corrected chi connectivity index (χ0v) is 18.1. The van der Waals surface area contributed by atoms with Gasteiger partial charge in [0, 0.05) is 32.4 Å². The van der Waals surface area contributed by atoms with Gasteiger partial charge in [-0.25, -0.2) is 4.98 Å². The number of likely N-dealkylation sites (tertiary alicyclic amines) is 2. The van der Waals surface area contributed by atoms with Crippen molar-refractivity contribution in [1.82, 2.24) is 19.4 Å². The second kappa shape index (κ2) is 8.31. The molecule has 5 nitrogen and oxygen atoms in total. The van der Waals surface area contributed by atoms with Crippen LogP contribution in [0.3, 0.4) is 0 Å². The molecule has 2 aliphatic heterocycles. The van der Waals surface area contributed by atoms with E-state index in [1.54, 1.807) is 0 Å². The SMILES string of the molecule is CC(C)CN1C(=O)C2(CCN(Cc3cn(C)cn3)CC2)CC1Cc1ccccc1. The first-order chi connectivity index (χ1) is 13.9. The van der Waals surface area contributed by atoms with Crippen molar-refractivity contribution in [1.29, 1.82) is 0 Å². The molecule has 1 atom stereocenters. The first kappa shape index (κ1) is 20.1. The Kier molecular flexibility index (Phi) is 5.77. The summed E-state index contributed by atoms with van der Waals surface area (Å²) in [7, 11) is 2.01. The molecule has 5 heteroatoms. The van der Waals surface area contributed by atoms with E-state index in [0.717, 1.165) is 57.6 Å². The van der Waals surface area contributed by atoms with Gasteiger partial charge in [0.2, 0.25) is 5.91 Å². The van der Waals surface area contributed by atoms with Crippen LogP contribution in [0.4, 0.5) is 0 Å². The summed E-state index contributed by atoms with van der Waals surface area (Å²) in [5.41, 5.74) is 2.29. The van der Waals surface area contributed by atoms with E-state index >= 15 is 0 Å². The molecule has 29 heavy (non-hydrogen) atoms. The summed E-state index contributed by atoms with van der Waals surface area (Å²) in [6.45, 7) is 8.15. The van der Waals surface area contributed by atoms with Gasteiger partial charge < -0.3 is 9.47 Å². The molecular formula is C24H34N4O. The van der Waals surface area contributed by atoms with Gasteiger partial charge in [-0.3, -0.25) is 9.69 Å². The molecule has 1 unspecified atom stereocenters. The van der Waals surface area contributed by atoms with Gasteiger partial charge >= 0.3 is 0 Å². The van der Waals surface area contributed by atoms with Gasteiger partial charge in [-0.2, -0.15) is 0 Å². The lowest BCUT2D eigenvalue weighted by Crippen LogP contribution is -2.45. The maximum atomic E-state index is 13.6. The number of hydrogen-bond donors (Lipinski definition) is 0. The molecule has 2 aliphatic rings. The summed E-state index contributed by atoms with van der Waals surface area (Å²) in [4.78, 5) is 22.7. The molecule has 1 aromatic heterocycles. The van der Waals surface area contributed by atoms with Crippen LogP contribution in [0.25, 0.3) is 0 Å². The maximum Gasteiger partial charge on any atom is 0.229 e. The molecule has 1 amide bonds. The molecule has 1 spiro atoms.